The molecule has 0 amide bonds. The van der Waals surface area contributed by atoms with E-state index in [1.54, 1.807) is 0 Å². The fourth-order valence-corrected chi connectivity index (χ4v) is 1.62. The summed E-state index contributed by atoms with van der Waals surface area (Å²) in [5, 5.41) is 13.4. The van der Waals surface area contributed by atoms with Crippen LogP contribution in [0, 0.1) is 0 Å². The van der Waals surface area contributed by atoms with E-state index in [4.69, 9.17) is 10.2 Å². The molecule has 0 bridgehead atoms. The fourth-order valence-electron chi connectivity index (χ4n) is 0.891. The van der Waals surface area contributed by atoms with E-state index < -0.39 is 16.0 Å². The fraction of sp³-hybridized carbons (Fsp3) is 0. The first kappa shape index (κ1) is 13.6. The Morgan fingerprint density at radius 3 is 2.14 bits per heavy atom. The van der Waals surface area contributed by atoms with E-state index >= 15 is 0 Å². The molecule has 0 fully saturated rings. The van der Waals surface area contributed by atoms with Gasteiger partial charge in [0.25, 0.3) is 0 Å². The predicted molar refractivity (Wildman–Crippen MR) is 51.9 cm³/mol. The topological polar surface area (TPSA) is 97.5 Å². The molecule has 72 valence electrons. The number of carboxylic acids is 1. The van der Waals surface area contributed by atoms with Gasteiger partial charge in [-0.15, -0.1) is 0 Å². The van der Waals surface area contributed by atoms with Crippen molar-refractivity contribution in [1.82, 2.24) is 0 Å². The van der Waals surface area contributed by atoms with Crippen LogP contribution in [0.4, 0.5) is 0 Å². The van der Waals surface area contributed by atoms with Crippen molar-refractivity contribution in [2.45, 2.75) is 4.90 Å². The predicted octanol–water partition coefficient (Wildman–Crippen LogP) is -0.616. The minimum atomic E-state index is -3.96. The Morgan fingerprint density at radius 2 is 1.79 bits per heavy atom. The van der Waals surface area contributed by atoms with Gasteiger partial charge in [-0.25, -0.2) is 18.4 Å². The summed E-state index contributed by atoms with van der Waals surface area (Å²) in [7, 11) is -3.96. The van der Waals surface area contributed by atoms with E-state index in [2.05, 4.69) is 0 Å². The maximum absolute atomic E-state index is 10.9. The summed E-state index contributed by atoms with van der Waals surface area (Å²) in [4.78, 5) is 10.2. The van der Waals surface area contributed by atoms with E-state index in [0.29, 0.717) is 0 Å². The minimum absolute atomic E-state index is 0. The van der Waals surface area contributed by atoms with Gasteiger partial charge in [0.05, 0.1) is 10.5 Å². The molecule has 5 nitrogen and oxygen atoms in total. The Morgan fingerprint density at radius 1 is 1.29 bits per heavy atom. The van der Waals surface area contributed by atoms with Crippen LogP contribution in [0.15, 0.2) is 29.2 Å². The molecule has 0 spiro atoms. The van der Waals surface area contributed by atoms with Gasteiger partial charge < -0.3 is 5.11 Å². The molecule has 0 unspecified atom stereocenters. The molecule has 0 saturated carbocycles. The number of primary sulfonamides is 1. The summed E-state index contributed by atoms with van der Waals surface area (Å²) in [6.45, 7) is 0. The van der Waals surface area contributed by atoms with Gasteiger partial charge in [-0.05, 0) is 12.1 Å². The average Bonchev–Trinajstić information content (AvgIpc) is 2.03. The zero-order valence-electron chi connectivity index (χ0n) is 6.47. The molecule has 7 heteroatoms. The second-order valence-electron chi connectivity index (χ2n) is 2.35. The van der Waals surface area contributed by atoms with Crippen molar-refractivity contribution in [2.75, 3.05) is 0 Å². The van der Waals surface area contributed by atoms with Crippen molar-refractivity contribution in [3.8, 4) is 0 Å². The first-order valence-corrected chi connectivity index (χ1v) is 4.82. The summed E-state index contributed by atoms with van der Waals surface area (Å²) < 4.78 is 21.7. The third-order valence-corrected chi connectivity index (χ3v) is 2.39. The van der Waals surface area contributed by atoms with Crippen molar-refractivity contribution in [3.05, 3.63) is 29.8 Å². The Balaban J connectivity index is 0.00000169. The monoisotopic (exact) mass is 225 g/mol. The van der Waals surface area contributed by atoms with Gasteiger partial charge in [-0.3, -0.25) is 0 Å². The van der Waals surface area contributed by atoms with Crippen molar-refractivity contribution >= 4 is 45.5 Å². The van der Waals surface area contributed by atoms with Gasteiger partial charge in [-0.1, -0.05) is 12.1 Å². The van der Waals surface area contributed by atoms with Gasteiger partial charge >= 0.3 is 35.5 Å². The molecule has 0 atom stereocenters. The molecule has 0 aliphatic rings. The normalized spacial score (nSPS) is 10.4. The van der Waals surface area contributed by atoms with E-state index in [1.165, 1.54) is 18.2 Å². The summed E-state index contributed by atoms with van der Waals surface area (Å²) in [5.41, 5.74) is -0.315. The standard InChI is InChI=1S/C7H7NO4S.Na.H/c8-13(11,12)6-4-2-1-3-5(6)7(9)10;;/h1-4H,(H,9,10)(H2,8,11,12);;. The molecule has 1 aromatic carbocycles. The Bertz CT molecular complexity index is 443. The molecule has 1 rings (SSSR count). The van der Waals surface area contributed by atoms with Gasteiger partial charge in [-0.2, -0.15) is 0 Å². The molecule has 0 heterocycles. The summed E-state index contributed by atoms with van der Waals surface area (Å²) >= 11 is 0. The van der Waals surface area contributed by atoms with Crippen LogP contribution in [0.5, 0.6) is 0 Å². The number of carboxylic acid groups (broad SMARTS) is 1. The number of sulfonamides is 1. The van der Waals surface area contributed by atoms with Crippen molar-refractivity contribution in [2.24, 2.45) is 5.14 Å². The SMILES string of the molecule is NS(=O)(=O)c1ccccc1C(=O)O.[NaH]. The number of hydrogen-bond donors (Lipinski definition) is 2. The van der Waals surface area contributed by atoms with E-state index in [-0.39, 0.29) is 40.0 Å². The number of carbonyl (C=O) groups is 1. The quantitative estimate of drug-likeness (QED) is 0.655. The molecular weight excluding hydrogens is 217 g/mol. The van der Waals surface area contributed by atoms with Crippen LogP contribution in [0.25, 0.3) is 0 Å². The summed E-state index contributed by atoms with van der Waals surface area (Å²) in [6.07, 6.45) is 0. The number of aromatic carboxylic acids is 1. The summed E-state index contributed by atoms with van der Waals surface area (Å²) in [6, 6.07) is 5.17. The van der Waals surface area contributed by atoms with Crippen LogP contribution in [0.1, 0.15) is 10.4 Å². The molecule has 0 aromatic heterocycles. The number of benzene rings is 1. The zero-order valence-corrected chi connectivity index (χ0v) is 7.28. The number of nitrogens with two attached hydrogens (primary N) is 1. The molecule has 0 aliphatic heterocycles. The van der Waals surface area contributed by atoms with Crippen LogP contribution >= 0.6 is 0 Å². The first-order valence-electron chi connectivity index (χ1n) is 3.28. The van der Waals surface area contributed by atoms with Crippen molar-refractivity contribution < 1.29 is 18.3 Å². The van der Waals surface area contributed by atoms with Crippen molar-refractivity contribution in [3.63, 3.8) is 0 Å². The number of hydrogen-bond acceptors (Lipinski definition) is 3. The van der Waals surface area contributed by atoms with E-state index in [1.807, 2.05) is 0 Å². The van der Waals surface area contributed by atoms with Crippen LogP contribution < -0.4 is 5.14 Å². The van der Waals surface area contributed by atoms with E-state index in [0.717, 1.165) is 6.07 Å². The van der Waals surface area contributed by atoms with Crippen LogP contribution in [-0.4, -0.2) is 49.1 Å². The Kier molecular flexibility index (Phi) is 4.76. The van der Waals surface area contributed by atoms with E-state index in [9.17, 15) is 13.2 Å². The molecule has 3 N–H and O–H groups in total. The molecular formula is C7H8NNaO4S. The average molecular weight is 225 g/mol. The van der Waals surface area contributed by atoms with Gasteiger partial charge in [0.1, 0.15) is 0 Å². The molecule has 1 aromatic rings. The Hall–Kier alpha value is -0.400. The van der Waals surface area contributed by atoms with Gasteiger partial charge in [0.2, 0.25) is 10.0 Å². The third kappa shape index (κ3) is 3.07. The Labute approximate surface area is 103 Å². The second-order valence-corrected chi connectivity index (χ2v) is 3.88. The zero-order chi connectivity index (χ0) is 10.1. The van der Waals surface area contributed by atoms with Gasteiger partial charge in [0.15, 0.2) is 0 Å². The van der Waals surface area contributed by atoms with Crippen LogP contribution in [0.3, 0.4) is 0 Å². The van der Waals surface area contributed by atoms with Gasteiger partial charge in [0, 0.05) is 0 Å². The summed E-state index contributed by atoms with van der Waals surface area (Å²) in [5.74, 6) is -1.32. The third-order valence-electron chi connectivity index (χ3n) is 1.42. The molecule has 0 aliphatic carbocycles. The first-order chi connectivity index (χ1) is 5.93. The maximum atomic E-state index is 10.9. The molecule has 0 radical (unpaired) electrons. The van der Waals surface area contributed by atoms with Crippen LogP contribution in [-0.2, 0) is 10.0 Å². The van der Waals surface area contributed by atoms with Crippen molar-refractivity contribution in [1.29, 1.82) is 0 Å². The molecule has 0 saturated heterocycles. The van der Waals surface area contributed by atoms with Crippen LogP contribution in [0.2, 0.25) is 0 Å². The second kappa shape index (κ2) is 4.90. The molecule has 14 heavy (non-hydrogen) atoms. The number of rotatable bonds is 2.